The SMILES string of the molecule is COC(=O)[C@]1(C)CCC[C@]2(C)C3C[C@H]4OO[C@@]3(CC[C@@H]12)[C@H]1O[C@@]41C(C)C. The van der Waals surface area contributed by atoms with Crippen LogP contribution in [0.4, 0.5) is 0 Å². The lowest BCUT2D eigenvalue weighted by Crippen LogP contribution is -2.71. The highest BCUT2D eigenvalue weighted by molar-refractivity contribution is 5.77. The second-order valence-electron chi connectivity index (χ2n) is 10.3. The number of fused-ring (bicyclic) bond motifs is 2. The summed E-state index contributed by atoms with van der Waals surface area (Å²) in [5.74, 6) is 1.11. The van der Waals surface area contributed by atoms with Crippen LogP contribution in [0.5, 0.6) is 0 Å². The van der Waals surface area contributed by atoms with Crippen molar-refractivity contribution >= 4 is 5.97 Å². The Morgan fingerprint density at radius 1 is 1.15 bits per heavy atom. The lowest BCUT2D eigenvalue weighted by molar-refractivity contribution is -0.466. The molecule has 5 nitrogen and oxygen atoms in total. The zero-order valence-corrected chi connectivity index (χ0v) is 16.7. The predicted octanol–water partition coefficient (Wildman–Crippen LogP) is 3.65. The fourth-order valence-corrected chi connectivity index (χ4v) is 7.85. The van der Waals surface area contributed by atoms with Crippen LogP contribution in [-0.2, 0) is 24.0 Å². The van der Waals surface area contributed by atoms with Crippen LogP contribution in [0.3, 0.4) is 0 Å². The van der Waals surface area contributed by atoms with Gasteiger partial charge < -0.3 is 9.47 Å². The molecule has 2 bridgehead atoms. The number of hydrogen-bond acceptors (Lipinski definition) is 5. The first-order chi connectivity index (χ1) is 12.3. The Morgan fingerprint density at radius 2 is 1.92 bits per heavy atom. The number of rotatable bonds is 2. The predicted molar refractivity (Wildman–Crippen MR) is 94.0 cm³/mol. The molecule has 8 atom stereocenters. The highest BCUT2D eigenvalue weighted by Gasteiger charge is 2.83. The van der Waals surface area contributed by atoms with Crippen LogP contribution >= 0.6 is 0 Å². The highest BCUT2D eigenvalue weighted by atomic mass is 17.2. The third-order valence-corrected chi connectivity index (χ3v) is 9.13. The second kappa shape index (κ2) is 5.03. The lowest BCUT2D eigenvalue weighted by atomic mass is 9.42. The van der Waals surface area contributed by atoms with Crippen molar-refractivity contribution in [1.29, 1.82) is 0 Å². The Morgan fingerprint density at radius 3 is 2.62 bits per heavy atom. The van der Waals surface area contributed by atoms with Crippen molar-refractivity contribution in [2.45, 2.75) is 89.6 Å². The summed E-state index contributed by atoms with van der Waals surface area (Å²) in [6, 6.07) is 0. The molecule has 26 heavy (non-hydrogen) atoms. The summed E-state index contributed by atoms with van der Waals surface area (Å²) in [6.45, 7) is 8.99. The zero-order chi connectivity index (χ0) is 18.5. The summed E-state index contributed by atoms with van der Waals surface area (Å²) >= 11 is 0. The standard InChI is InChI=1S/C21H32O5/c1-12(2)21-15-11-14-18(3)8-6-9-19(4,17(22)23-5)13(18)7-10-20(14,26-25-15)16(21)24-21/h12-16H,6-11H2,1-5H3/t13-,14?,15-,16-,18+,19-,20-,21+/m1/s1. The van der Waals surface area contributed by atoms with Crippen LogP contribution in [0.2, 0.25) is 0 Å². The monoisotopic (exact) mass is 364 g/mol. The van der Waals surface area contributed by atoms with Crippen LogP contribution in [0, 0.1) is 28.6 Å². The molecule has 6 aliphatic rings. The Bertz CT molecular complexity index is 648. The van der Waals surface area contributed by atoms with E-state index in [-0.39, 0.29) is 40.2 Å². The number of ether oxygens (including phenoxy) is 2. The summed E-state index contributed by atoms with van der Waals surface area (Å²) in [5.41, 5.74) is -0.812. The number of epoxide rings is 1. The van der Waals surface area contributed by atoms with Gasteiger partial charge in [-0.3, -0.25) is 4.79 Å². The summed E-state index contributed by atoms with van der Waals surface area (Å²) in [5, 5.41) is 0. The first kappa shape index (κ1) is 17.4. The zero-order valence-electron chi connectivity index (χ0n) is 16.7. The molecule has 6 rings (SSSR count). The number of hydrogen-bond donors (Lipinski definition) is 0. The Hall–Kier alpha value is -0.650. The quantitative estimate of drug-likeness (QED) is 0.425. The van der Waals surface area contributed by atoms with Crippen LogP contribution in [0.25, 0.3) is 0 Å². The highest BCUT2D eigenvalue weighted by Crippen LogP contribution is 2.73. The second-order valence-corrected chi connectivity index (χ2v) is 10.3. The van der Waals surface area contributed by atoms with Gasteiger partial charge in [0.25, 0.3) is 0 Å². The molecule has 3 aliphatic heterocycles. The maximum absolute atomic E-state index is 12.7. The van der Waals surface area contributed by atoms with E-state index in [1.807, 2.05) is 0 Å². The summed E-state index contributed by atoms with van der Waals surface area (Å²) in [7, 11) is 1.53. The molecule has 0 aromatic heterocycles. The van der Waals surface area contributed by atoms with Gasteiger partial charge >= 0.3 is 5.97 Å². The van der Waals surface area contributed by atoms with Crippen LogP contribution in [-0.4, -0.2) is 36.5 Å². The van der Waals surface area contributed by atoms with E-state index in [0.717, 1.165) is 38.5 Å². The molecule has 146 valence electrons. The van der Waals surface area contributed by atoms with Crippen molar-refractivity contribution in [1.82, 2.24) is 0 Å². The molecular formula is C21H32O5. The minimum Gasteiger partial charge on any atom is -0.469 e. The molecule has 3 saturated carbocycles. The maximum Gasteiger partial charge on any atom is 0.311 e. The van der Waals surface area contributed by atoms with Gasteiger partial charge in [0.1, 0.15) is 23.4 Å². The normalized spacial score (nSPS) is 57.2. The van der Waals surface area contributed by atoms with Crippen molar-refractivity contribution in [2.75, 3.05) is 7.11 Å². The van der Waals surface area contributed by atoms with E-state index in [2.05, 4.69) is 27.7 Å². The average molecular weight is 364 g/mol. The van der Waals surface area contributed by atoms with Gasteiger partial charge in [0.2, 0.25) is 0 Å². The first-order valence-electron chi connectivity index (χ1n) is 10.4. The Balaban J connectivity index is 1.54. The van der Waals surface area contributed by atoms with E-state index in [0.29, 0.717) is 17.8 Å². The van der Waals surface area contributed by atoms with Crippen LogP contribution < -0.4 is 0 Å². The third-order valence-electron chi connectivity index (χ3n) is 9.13. The van der Waals surface area contributed by atoms with Crippen molar-refractivity contribution in [3.8, 4) is 0 Å². The molecular weight excluding hydrogens is 332 g/mol. The van der Waals surface area contributed by atoms with E-state index in [4.69, 9.17) is 19.2 Å². The number of carbonyl (C=O) groups is 1. The van der Waals surface area contributed by atoms with Gasteiger partial charge in [-0.15, -0.1) is 0 Å². The minimum absolute atomic E-state index is 0.0151. The van der Waals surface area contributed by atoms with Crippen LogP contribution in [0.15, 0.2) is 0 Å². The van der Waals surface area contributed by atoms with E-state index in [1.54, 1.807) is 0 Å². The molecule has 0 aromatic carbocycles. The molecule has 1 spiro atoms. The molecule has 0 radical (unpaired) electrons. The molecule has 1 unspecified atom stereocenters. The molecule has 0 aromatic rings. The molecule has 5 heteroatoms. The molecule has 3 aliphatic carbocycles. The summed E-state index contributed by atoms with van der Waals surface area (Å²) in [6.07, 6.45) is 6.18. The van der Waals surface area contributed by atoms with Gasteiger partial charge in [0.05, 0.1) is 12.5 Å². The minimum atomic E-state index is -0.388. The van der Waals surface area contributed by atoms with E-state index < -0.39 is 0 Å². The topological polar surface area (TPSA) is 57.3 Å². The van der Waals surface area contributed by atoms with Gasteiger partial charge in [-0.1, -0.05) is 27.2 Å². The van der Waals surface area contributed by atoms with E-state index in [1.165, 1.54) is 7.11 Å². The summed E-state index contributed by atoms with van der Waals surface area (Å²) < 4.78 is 11.6. The van der Waals surface area contributed by atoms with Crippen molar-refractivity contribution in [3.05, 3.63) is 0 Å². The number of carbonyl (C=O) groups excluding carboxylic acids is 1. The molecule has 3 heterocycles. The molecule has 0 amide bonds. The molecule has 6 fully saturated rings. The van der Waals surface area contributed by atoms with E-state index >= 15 is 0 Å². The smallest absolute Gasteiger partial charge is 0.311 e. The number of esters is 1. The van der Waals surface area contributed by atoms with Crippen LogP contribution in [0.1, 0.15) is 66.2 Å². The van der Waals surface area contributed by atoms with Crippen molar-refractivity contribution < 1.29 is 24.0 Å². The fourth-order valence-electron chi connectivity index (χ4n) is 7.85. The lowest BCUT2D eigenvalue weighted by Gasteiger charge is -2.65. The number of methoxy groups -OCH3 is 1. The molecule has 3 saturated heterocycles. The Kier molecular flexibility index (Phi) is 3.38. The van der Waals surface area contributed by atoms with Gasteiger partial charge in [0.15, 0.2) is 0 Å². The maximum atomic E-state index is 12.7. The Labute approximate surface area is 156 Å². The van der Waals surface area contributed by atoms with Crippen molar-refractivity contribution in [2.24, 2.45) is 28.6 Å². The third kappa shape index (κ3) is 1.72. The van der Waals surface area contributed by atoms with Crippen molar-refractivity contribution in [3.63, 3.8) is 0 Å². The van der Waals surface area contributed by atoms with Gasteiger partial charge in [-0.05, 0) is 56.3 Å². The fraction of sp³-hybridized carbons (Fsp3) is 0.952. The van der Waals surface area contributed by atoms with Gasteiger partial charge in [-0.2, -0.15) is 0 Å². The molecule has 0 N–H and O–H groups in total. The largest absolute Gasteiger partial charge is 0.469 e. The van der Waals surface area contributed by atoms with Gasteiger partial charge in [0, 0.05) is 5.92 Å². The first-order valence-corrected chi connectivity index (χ1v) is 10.4. The summed E-state index contributed by atoms with van der Waals surface area (Å²) in [4.78, 5) is 24.7. The van der Waals surface area contributed by atoms with Gasteiger partial charge in [-0.25, -0.2) is 9.78 Å². The van der Waals surface area contributed by atoms with E-state index in [9.17, 15) is 4.79 Å². The average Bonchev–Trinajstić information content (AvgIpc) is 3.40.